The maximum absolute atomic E-state index is 3.32. The molecule has 1 N–H and O–H groups in total. The predicted molar refractivity (Wildman–Crippen MR) is 70.8 cm³/mol. The summed E-state index contributed by atoms with van der Waals surface area (Å²) in [6.07, 6.45) is 2.60. The SMILES string of the molecule is CNC(C)CC(C)N(C)CC1CCN(C)C1. The summed E-state index contributed by atoms with van der Waals surface area (Å²) in [4.78, 5) is 4.97. The second-order valence-corrected chi connectivity index (χ2v) is 5.63. The molecule has 0 saturated carbocycles. The van der Waals surface area contributed by atoms with E-state index in [-0.39, 0.29) is 0 Å². The largest absolute Gasteiger partial charge is 0.317 e. The van der Waals surface area contributed by atoms with Gasteiger partial charge in [-0.2, -0.15) is 0 Å². The van der Waals surface area contributed by atoms with E-state index in [1.54, 1.807) is 0 Å². The first-order valence-corrected chi connectivity index (χ1v) is 6.59. The molecular formula is C13H29N3. The highest BCUT2D eigenvalue weighted by Crippen LogP contribution is 2.17. The van der Waals surface area contributed by atoms with Gasteiger partial charge < -0.3 is 15.1 Å². The van der Waals surface area contributed by atoms with Crippen LogP contribution in [-0.4, -0.2) is 62.7 Å². The number of rotatable bonds is 6. The van der Waals surface area contributed by atoms with E-state index in [0.717, 1.165) is 5.92 Å². The zero-order chi connectivity index (χ0) is 12.1. The Morgan fingerprint density at radius 1 is 1.44 bits per heavy atom. The van der Waals surface area contributed by atoms with Crippen molar-refractivity contribution in [1.82, 2.24) is 15.1 Å². The van der Waals surface area contributed by atoms with Crippen molar-refractivity contribution >= 4 is 0 Å². The molecule has 96 valence electrons. The first-order valence-electron chi connectivity index (χ1n) is 6.59. The molecule has 0 aromatic heterocycles. The molecule has 1 saturated heterocycles. The number of nitrogens with zero attached hydrogens (tertiary/aromatic N) is 2. The van der Waals surface area contributed by atoms with Gasteiger partial charge in [-0.3, -0.25) is 0 Å². The van der Waals surface area contributed by atoms with Crippen molar-refractivity contribution in [3.8, 4) is 0 Å². The van der Waals surface area contributed by atoms with Gasteiger partial charge in [-0.05, 0) is 60.3 Å². The summed E-state index contributed by atoms with van der Waals surface area (Å²) >= 11 is 0. The predicted octanol–water partition coefficient (Wildman–Crippen LogP) is 1.26. The van der Waals surface area contributed by atoms with Gasteiger partial charge in [0, 0.05) is 25.2 Å². The van der Waals surface area contributed by atoms with Gasteiger partial charge >= 0.3 is 0 Å². The average Bonchev–Trinajstić information content (AvgIpc) is 2.63. The van der Waals surface area contributed by atoms with E-state index >= 15 is 0 Å². The molecule has 0 bridgehead atoms. The van der Waals surface area contributed by atoms with E-state index in [9.17, 15) is 0 Å². The molecule has 1 aliphatic heterocycles. The molecule has 3 unspecified atom stereocenters. The standard InChI is InChI=1S/C13H29N3/c1-11(14-3)8-12(2)16(5)10-13-6-7-15(4)9-13/h11-14H,6-10H2,1-5H3. The molecule has 0 aromatic carbocycles. The van der Waals surface area contributed by atoms with Gasteiger partial charge in [-0.15, -0.1) is 0 Å². The van der Waals surface area contributed by atoms with Gasteiger partial charge in [-0.25, -0.2) is 0 Å². The van der Waals surface area contributed by atoms with Crippen molar-refractivity contribution in [2.24, 2.45) is 5.92 Å². The van der Waals surface area contributed by atoms with Gasteiger partial charge in [0.15, 0.2) is 0 Å². The lowest BCUT2D eigenvalue weighted by Crippen LogP contribution is -2.38. The van der Waals surface area contributed by atoms with Crippen molar-refractivity contribution in [2.75, 3.05) is 40.8 Å². The van der Waals surface area contributed by atoms with E-state index in [2.05, 4.69) is 43.1 Å². The summed E-state index contributed by atoms with van der Waals surface area (Å²) in [5.74, 6) is 0.877. The van der Waals surface area contributed by atoms with E-state index in [0.29, 0.717) is 12.1 Å². The molecule has 16 heavy (non-hydrogen) atoms. The molecule has 3 heteroatoms. The quantitative estimate of drug-likeness (QED) is 0.737. The van der Waals surface area contributed by atoms with E-state index < -0.39 is 0 Å². The summed E-state index contributed by atoms with van der Waals surface area (Å²) in [6, 6.07) is 1.29. The molecule has 1 rings (SSSR count). The Balaban J connectivity index is 2.25. The molecule has 1 aliphatic rings. The summed E-state index contributed by atoms with van der Waals surface area (Å²) < 4.78 is 0. The Kier molecular flexibility index (Phi) is 5.73. The first kappa shape index (κ1) is 13.9. The van der Waals surface area contributed by atoms with Gasteiger partial charge in [0.2, 0.25) is 0 Å². The van der Waals surface area contributed by atoms with Gasteiger partial charge in [0.05, 0.1) is 0 Å². The second kappa shape index (κ2) is 6.58. The van der Waals surface area contributed by atoms with Crippen LogP contribution in [0.5, 0.6) is 0 Å². The first-order chi connectivity index (χ1) is 7.52. The van der Waals surface area contributed by atoms with Crippen LogP contribution in [0, 0.1) is 5.92 Å². The minimum absolute atomic E-state index is 0.615. The van der Waals surface area contributed by atoms with Crippen LogP contribution in [0.3, 0.4) is 0 Å². The molecule has 0 aliphatic carbocycles. The number of hydrogen-bond donors (Lipinski definition) is 1. The van der Waals surface area contributed by atoms with E-state index in [1.165, 1.54) is 32.5 Å². The maximum Gasteiger partial charge on any atom is 0.00787 e. The van der Waals surface area contributed by atoms with Crippen molar-refractivity contribution < 1.29 is 0 Å². The monoisotopic (exact) mass is 227 g/mol. The Morgan fingerprint density at radius 2 is 2.12 bits per heavy atom. The van der Waals surface area contributed by atoms with Crippen molar-refractivity contribution in [2.45, 2.75) is 38.8 Å². The van der Waals surface area contributed by atoms with Crippen molar-refractivity contribution in [3.63, 3.8) is 0 Å². The minimum atomic E-state index is 0.615. The third-order valence-electron chi connectivity index (χ3n) is 3.98. The smallest absolute Gasteiger partial charge is 0.00787 e. The lowest BCUT2D eigenvalue weighted by atomic mass is 10.1. The van der Waals surface area contributed by atoms with Crippen LogP contribution in [0.1, 0.15) is 26.7 Å². The lowest BCUT2D eigenvalue weighted by Gasteiger charge is -2.29. The summed E-state index contributed by atoms with van der Waals surface area (Å²) in [6.45, 7) is 8.40. The van der Waals surface area contributed by atoms with Crippen LogP contribution in [0.15, 0.2) is 0 Å². The number of hydrogen-bond acceptors (Lipinski definition) is 3. The van der Waals surface area contributed by atoms with Crippen LogP contribution >= 0.6 is 0 Å². The molecule has 3 atom stereocenters. The molecule has 0 radical (unpaired) electrons. The Bertz CT molecular complexity index is 196. The molecule has 1 fully saturated rings. The molecular weight excluding hydrogens is 198 g/mol. The van der Waals surface area contributed by atoms with E-state index in [1.807, 2.05) is 7.05 Å². The van der Waals surface area contributed by atoms with Crippen LogP contribution in [0.25, 0.3) is 0 Å². The van der Waals surface area contributed by atoms with Gasteiger partial charge in [0.1, 0.15) is 0 Å². The van der Waals surface area contributed by atoms with Crippen LogP contribution in [0.2, 0.25) is 0 Å². The Labute approximate surface area is 101 Å². The highest BCUT2D eigenvalue weighted by molar-refractivity contribution is 4.78. The maximum atomic E-state index is 3.32. The highest BCUT2D eigenvalue weighted by Gasteiger charge is 2.22. The van der Waals surface area contributed by atoms with E-state index in [4.69, 9.17) is 0 Å². The lowest BCUT2D eigenvalue weighted by molar-refractivity contribution is 0.200. The number of nitrogens with one attached hydrogen (secondary N) is 1. The van der Waals surface area contributed by atoms with Crippen LogP contribution in [-0.2, 0) is 0 Å². The fourth-order valence-electron chi connectivity index (χ4n) is 2.57. The van der Waals surface area contributed by atoms with Gasteiger partial charge in [-0.1, -0.05) is 0 Å². The second-order valence-electron chi connectivity index (χ2n) is 5.63. The molecule has 0 amide bonds. The van der Waals surface area contributed by atoms with Crippen LogP contribution < -0.4 is 5.32 Å². The molecule has 0 spiro atoms. The molecule has 1 heterocycles. The minimum Gasteiger partial charge on any atom is -0.317 e. The summed E-state index contributed by atoms with van der Waals surface area (Å²) in [7, 11) is 6.54. The summed E-state index contributed by atoms with van der Waals surface area (Å²) in [5.41, 5.74) is 0. The zero-order valence-electron chi connectivity index (χ0n) is 11.7. The molecule has 0 aromatic rings. The average molecular weight is 227 g/mol. The zero-order valence-corrected chi connectivity index (χ0v) is 11.7. The van der Waals surface area contributed by atoms with Crippen LogP contribution in [0.4, 0.5) is 0 Å². The fourth-order valence-corrected chi connectivity index (χ4v) is 2.57. The fraction of sp³-hybridized carbons (Fsp3) is 1.00. The third-order valence-corrected chi connectivity index (χ3v) is 3.98. The Morgan fingerprint density at radius 3 is 2.62 bits per heavy atom. The van der Waals surface area contributed by atoms with Crippen molar-refractivity contribution in [1.29, 1.82) is 0 Å². The normalized spacial score (nSPS) is 26.2. The van der Waals surface area contributed by atoms with Gasteiger partial charge in [0.25, 0.3) is 0 Å². The number of likely N-dealkylation sites (tertiary alicyclic amines) is 1. The molecule has 3 nitrogen and oxygen atoms in total. The third kappa shape index (κ3) is 4.40. The summed E-state index contributed by atoms with van der Waals surface area (Å²) in [5, 5.41) is 3.32. The topological polar surface area (TPSA) is 18.5 Å². The highest BCUT2D eigenvalue weighted by atomic mass is 15.2. The Hall–Kier alpha value is -0.120. The van der Waals surface area contributed by atoms with Crippen molar-refractivity contribution in [3.05, 3.63) is 0 Å².